The maximum atomic E-state index is 5.27. The van der Waals surface area contributed by atoms with E-state index >= 15 is 0 Å². The standard InChI is InChI=1S/C12H9N3O/c1-2-4-9(5-3-1)11-10(8-14-15-11)12-13-6-7-16-12/h1-8H,(H,14,15). The Labute approximate surface area is 92.0 Å². The van der Waals surface area contributed by atoms with Gasteiger partial charge in [0, 0.05) is 5.56 Å². The van der Waals surface area contributed by atoms with Gasteiger partial charge in [0.15, 0.2) is 0 Å². The zero-order chi connectivity index (χ0) is 10.8. The molecule has 1 N–H and O–H groups in total. The van der Waals surface area contributed by atoms with Gasteiger partial charge in [-0.05, 0) is 0 Å². The highest BCUT2D eigenvalue weighted by molar-refractivity contribution is 5.75. The number of nitrogens with one attached hydrogen (secondary N) is 1. The molecule has 4 nitrogen and oxygen atoms in total. The predicted octanol–water partition coefficient (Wildman–Crippen LogP) is 2.73. The van der Waals surface area contributed by atoms with E-state index < -0.39 is 0 Å². The zero-order valence-corrected chi connectivity index (χ0v) is 8.42. The van der Waals surface area contributed by atoms with Crippen LogP contribution in [0.5, 0.6) is 0 Å². The molecule has 0 amide bonds. The average Bonchev–Trinajstić information content (AvgIpc) is 3.01. The van der Waals surface area contributed by atoms with Gasteiger partial charge in [-0.15, -0.1) is 0 Å². The Balaban J connectivity index is 2.14. The van der Waals surface area contributed by atoms with Crippen molar-refractivity contribution in [1.29, 1.82) is 0 Å². The number of aromatic nitrogens is 3. The summed E-state index contributed by atoms with van der Waals surface area (Å²) in [4.78, 5) is 4.12. The van der Waals surface area contributed by atoms with Crippen LogP contribution in [0.15, 0.2) is 53.4 Å². The van der Waals surface area contributed by atoms with E-state index in [0.717, 1.165) is 16.8 Å². The molecule has 0 aliphatic carbocycles. The Morgan fingerprint density at radius 3 is 2.75 bits per heavy atom. The SMILES string of the molecule is c1ccc(-c2[nH]ncc2-c2ncco2)cc1. The number of rotatable bonds is 2. The third-order valence-corrected chi connectivity index (χ3v) is 2.36. The van der Waals surface area contributed by atoms with Crippen molar-refractivity contribution in [2.75, 3.05) is 0 Å². The van der Waals surface area contributed by atoms with E-state index in [-0.39, 0.29) is 0 Å². The van der Waals surface area contributed by atoms with Gasteiger partial charge >= 0.3 is 0 Å². The molecule has 0 aliphatic rings. The van der Waals surface area contributed by atoms with Crippen LogP contribution in [-0.4, -0.2) is 15.2 Å². The molecule has 1 aromatic carbocycles. The first-order valence-corrected chi connectivity index (χ1v) is 4.94. The van der Waals surface area contributed by atoms with E-state index in [2.05, 4.69) is 15.2 Å². The molecule has 0 saturated carbocycles. The van der Waals surface area contributed by atoms with Crippen LogP contribution in [0.3, 0.4) is 0 Å². The fraction of sp³-hybridized carbons (Fsp3) is 0. The van der Waals surface area contributed by atoms with E-state index in [4.69, 9.17) is 4.42 Å². The van der Waals surface area contributed by atoms with Crippen molar-refractivity contribution in [1.82, 2.24) is 15.2 Å². The van der Waals surface area contributed by atoms with Crippen molar-refractivity contribution < 1.29 is 4.42 Å². The number of benzene rings is 1. The van der Waals surface area contributed by atoms with Gasteiger partial charge in [-0.25, -0.2) is 4.98 Å². The summed E-state index contributed by atoms with van der Waals surface area (Å²) in [5.41, 5.74) is 2.85. The lowest BCUT2D eigenvalue weighted by molar-refractivity contribution is 0.575. The molecule has 0 fully saturated rings. The molecule has 0 unspecified atom stereocenters. The second-order valence-electron chi connectivity index (χ2n) is 3.36. The molecule has 0 spiro atoms. The second-order valence-corrected chi connectivity index (χ2v) is 3.36. The number of hydrogen-bond donors (Lipinski definition) is 1. The summed E-state index contributed by atoms with van der Waals surface area (Å²) in [5.74, 6) is 0.576. The maximum absolute atomic E-state index is 5.27. The van der Waals surface area contributed by atoms with Crippen LogP contribution in [0.2, 0.25) is 0 Å². The number of hydrogen-bond acceptors (Lipinski definition) is 3. The minimum absolute atomic E-state index is 0.576. The first-order chi connectivity index (χ1) is 7.95. The molecule has 2 aromatic heterocycles. The molecule has 0 atom stereocenters. The summed E-state index contributed by atoms with van der Waals surface area (Å²) in [7, 11) is 0. The van der Waals surface area contributed by atoms with Crippen molar-refractivity contribution in [3.8, 4) is 22.7 Å². The molecule has 4 heteroatoms. The highest BCUT2D eigenvalue weighted by Crippen LogP contribution is 2.28. The van der Waals surface area contributed by atoms with Crippen LogP contribution in [0.4, 0.5) is 0 Å². The number of H-pyrrole nitrogens is 1. The topological polar surface area (TPSA) is 54.7 Å². The fourth-order valence-electron chi connectivity index (χ4n) is 1.63. The van der Waals surface area contributed by atoms with Crippen LogP contribution < -0.4 is 0 Å². The minimum Gasteiger partial charge on any atom is -0.444 e. The van der Waals surface area contributed by atoms with Crippen LogP contribution in [0.25, 0.3) is 22.7 Å². The van der Waals surface area contributed by atoms with E-state index in [9.17, 15) is 0 Å². The normalized spacial score (nSPS) is 10.5. The van der Waals surface area contributed by atoms with Crippen LogP contribution in [0.1, 0.15) is 0 Å². The molecular weight excluding hydrogens is 202 g/mol. The van der Waals surface area contributed by atoms with Crippen molar-refractivity contribution in [2.24, 2.45) is 0 Å². The van der Waals surface area contributed by atoms with Gasteiger partial charge in [-0.1, -0.05) is 30.3 Å². The minimum atomic E-state index is 0.576. The third-order valence-electron chi connectivity index (χ3n) is 2.36. The zero-order valence-electron chi connectivity index (χ0n) is 8.42. The van der Waals surface area contributed by atoms with E-state index in [1.54, 1.807) is 18.7 Å². The number of aromatic amines is 1. The molecule has 0 aliphatic heterocycles. The van der Waals surface area contributed by atoms with Gasteiger partial charge in [0.25, 0.3) is 0 Å². The van der Waals surface area contributed by atoms with Crippen molar-refractivity contribution in [2.45, 2.75) is 0 Å². The first kappa shape index (κ1) is 8.91. The quantitative estimate of drug-likeness (QED) is 0.709. The van der Waals surface area contributed by atoms with Gasteiger partial charge in [0.2, 0.25) is 5.89 Å². The Bertz CT molecular complexity index is 569. The molecule has 3 aromatic rings. The Morgan fingerprint density at radius 2 is 2.00 bits per heavy atom. The molecule has 0 radical (unpaired) electrons. The molecule has 0 saturated heterocycles. The summed E-state index contributed by atoms with van der Waals surface area (Å²) in [6, 6.07) is 9.97. The Kier molecular flexibility index (Phi) is 2.04. The maximum Gasteiger partial charge on any atom is 0.229 e. The van der Waals surface area contributed by atoms with Gasteiger partial charge in [0.05, 0.1) is 23.7 Å². The summed E-state index contributed by atoms with van der Waals surface area (Å²) in [5, 5.41) is 6.99. The largest absolute Gasteiger partial charge is 0.444 e. The van der Waals surface area contributed by atoms with Crippen molar-refractivity contribution in [3.63, 3.8) is 0 Å². The fourth-order valence-corrected chi connectivity index (χ4v) is 1.63. The van der Waals surface area contributed by atoms with Gasteiger partial charge in [0.1, 0.15) is 6.26 Å². The second kappa shape index (κ2) is 3.66. The summed E-state index contributed by atoms with van der Waals surface area (Å²) >= 11 is 0. The summed E-state index contributed by atoms with van der Waals surface area (Å²) < 4.78 is 5.27. The third kappa shape index (κ3) is 1.40. The Hall–Kier alpha value is -2.36. The molecule has 2 heterocycles. The average molecular weight is 211 g/mol. The number of oxazole rings is 1. The van der Waals surface area contributed by atoms with Crippen LogP contribution in [-0.2, 0) is 0 Å². The predicted molar refractivity (Wildman–Crippen MR) is 59.5 cm³/mol. The molecule has 78 valence electrons. The molecule has 0 bridgehead atoms. The van der Waals surface area contributed by atoms with E-state index in [1.165, 1.54) is 0 Å². The van der Waals surface area contributed by atoms with Crippen molar-refractivity contribution >= 4 is 0 Å². The highest BCUT2D eigenvalue weighted by atomic mass is 16.3. The first-order valence-electron chi connectivity index (χ1n) is 4.94. The van der Waals surface area contributed by atoms with Crippen LogP contribution >= 0.6 is 0 Å². The summed E-state index contributed by atoms with van der Waals surface area (Å²) in [6.45, 7) is 0. The van der Waals surface area contributed by atoms with Crippen LogP contribution in [0, 0.1) is 0 Å². The molecule has 3 rings (SSSR count). The lowest BCUT2D eigenvalue weighted by Crippen LogP contribution is -1.81. The van der Waals surface area contributed by atoms with E-state index in [1.807, 2.05) is 30.3 Å². The lowest BCUT2D eigenvalue weighted by Gasteiger charge is -1.99. The summed E-state index contributed by atoms with van der Waals surface area (Å²) in [6.07, 6.45) is 4.89. The van der Waals surface area contributed by atoms with Gasteiger partial charge in [-0.2, -0.15) is 5.10 Å². The molecule has 16 heavy (non-hydrogen) atoms. The smallest absolute Gasteiger partial charge is 0.229 e. The molecular formula is C12H9N3O. The Morgan fingerprint density at radius 1 is 1.12 bits per heavy atom. The van der Waals surface area contributed by atoms with Gasteiger partial charge < -0.3 is 4.42 Å². The lowest BCUT2D eigenvalue weighted by atomic mass is 10.1. The van der Waals surface area contributed by atoms with E-state index in [0.29, 0.717) is 5.89 Å². The highest BCUT2D eigenvalue weighted by Gasteiger charge is 2.12. The van der Waals surface area contributed by atoms with Gasteiger partial charge in [-0.3, -0.25) is 5.10 Å². The van der Waals surface area contributed by atoms with Crippen molar-refractivity contribution in [3.05, 3.63) is 49.0 Å². The number of nitrogens with zero attached hydrogens (tertiary/aromatic N) is 2. The monoisotopic (exact) mass is 211 g/mol.